The Kier molecular flexibility index (Phi) is 15.7. The van der Waals surface area contributed by atoms with Gasteiger partial charge in [-0.2, -0.15) is 0 Å². The van der Waals surface area contributed by atoms with Crippen LogP contribution in [-0.2, 0) is 32.2 Å². The molecule has 0 saturated carbocycles. The summed E-state index contributed by atoms with van der Waals surface area (Å²) in [7, 11) is 2.56. The van der Waals surface area contributed by atoms with Crippen molar-refractivity contribution in [2.45, 2.75) is 94.4 Å². The number of amides is 4. The van der Waals surface area contributed by atoms with Gasteiger partial charge in [0.2, 0.25) is 11.8 Å². The molecule has 0 radical (unpaired) electrons. The van der Waals surface area contributed by atoms with Gasteiger partial charge in [0.05, 0.1) is 51.1 Å². The van der Waals surface area contributed by atoms with Crippen molar-refractivity contribution in [2.24, 2.45) is 22.7 Å². The minimum atomic E-state index is -0.742. The molecule has 0 saturated heterocycles. The molecule has 14 heteroatoms. The first-order chi connectivity index (χ1) is 28.2. The van der Waals surface area contributed by atoms with Crippen LogP contribution in [0.1, 0.15) is 92.0 Å². The maximum absolute atomic E-state index is 13.7. The van der Waals surface area contributed by atoms with Crippen LogP contribution < -0.4 is 10.6 Å². The first kappa shape index (κ1) is 46.6. The highest BCUT2D eigenvalue weighted by molar-refractivity contribution is 5.86. The van der Waals surface area contributed by atoms with Crippen molar-refractivity contribution in [2.75, 3.05) is 27.3 Å². The lowest BCUT2D eigenvalue weighted by Gasteiger charge is -2.33. The molecule has 0 aliphatic carbocycles. The molecule has 2 aromatic heterocycles. The van der Waals surface area contributed by atoms with Gasteiger partial charge in [0.15, 0.2) is 0 Å². The fraction of sp³-hybridized carbons (Fsp3) is 0.478. The van der Waals surface area contributed by atoms with E-state index in [9.17, 15) is 19.2 Å². The van der Waals surface area contributed by atoms with Gasteiger partial charge in [0.25, 0.3) is 0 Å². The van der Waals surface area contributed by atoms with E-state index in [1.165, 1.54) is 14.2 Å². The van der Waals surface area contributed by atoms with E-state index >= 15 is 0 Å². The van der Waals surface area contributed by atoms with E-state index in [4.69, 9.17) is 9.47 Å². The van der Waals surface area contributed by atoms with Gasteiger partial charge in [-0.15, -0.1) is 0 Å². The summed E-state index contributed by atoms with van der Waals surface area (Å²) in [6.45, 7) is 21.3. The average molecular weight is 823 g/mol. The van der Waals surface area contributed by atoms with Crippen LogP contribution in [0, 0.1) is 34.5 Å². The number of imidazole rings is 2. The lowest BCUT2D eigenvalue weighted by molar-refractivity contribution is -0.137. The van der Waals surface area contributed by atoms with E-state index in [-0.39, 0.29) is 47.6 Å². The quantitative estimate of drug-likeness (QED) is 0.0954. The summed E-state index contributed by atoms with van der Waals surface area (Å²) in [6, 6.07) is 14.2. The summed E-state index contributed by atoms with van der Waals surface area (Å²) in [5.74, 6) is 7.04. The molecule has 4 N–H and O–H groups in total. The monoisotopic (exact) mass is 822 g/mol. The third kappa shape index (κ3) is 13.7. The number of alkyl carbamates (subject to hydrolysis) is 2. The van der Waals surface area contributed by atoms with Crippen molar-refractivity contribution < 1.29 is 28.7 Å². The Morgan fingerprint density at radius 2 is 0.950 bits per heavy atom. The van der Waals surface area contributed by atoms with E-state index in [0.717, 1.165) is 33.6 Å². The number of carbonyl (C=O) groups is 4. The molecule has 4 aromatic rings. The lowest BCUT2D eigenvalue weighted by Crippen LogP contribution is -2.52. The van der Waals surface area contributed by atoms with Crippen molar-refractivity contribution in [3.63, 3.8) is 0 Å². The number of carbonyl (C=O) groups excluding carboxylic acids is 4. The molecule has 0 aliphatic heterocycles. The summed E-state index contributed by atoms with van der Waals surface area (Å²) in [5, 5.41) is 5.38. The zero-order chi connectivity index (χ0) is 44.4. The SMILES string of the molecule is COC(=O)NC(C(=O)N(Cc1ncc(-c2ccc(C#Cc3ccc(-c4cnc(CN(CC(C)(C)C)C(=O)C(NC(=O)OC)C(C)C)[nH]4)cc3)cc2)[nH]1)CC(C)(C)C)C(C)C. The van der Waals surface area contributed by atoms with Crippen LogP contribution in [-0.4, -0.2) is 93.1 Å². The number of methoxy groups -OCH3 is 2. The number of nitrogens with zero attached hydrogens (tertiary/aromatic N) is 4. The molecule has 4 amide bonds. The molecule has 14 nitrogen and oxygen atoms in total. The average Bonchev–Trinajstić information content (AvgIpc) is 3.86. The molecule has 2 heterocycles. The molecular weight excluding hydrogens is 761 g/mol. The lowest BCUT2D eigenvalue weighted by atomic mass is 9.94. The largest absolute Gasteiger partial charge is 0.453 e. The molecule has 0 spiro atoms. The number of aromatic amines is 2. The molecule has 0 aliphatic rings. The number of nitrogens with one attached hydrogen (secondary N) is 4. The number of hydrogen-bond donors (Lipinski definition) is 4. The van der Waals surface area contributed by atoms with Crippen LogP contribution in [0.3, 0.4) is 0 Å². The normalized spacial score (nSPS) is 12.6. The molecule has 2 aromatic carbocycles. The summed E-state index contributed by atoms with van der Waals surface area (Å²) < 4.78 is 9.54. The number of hydrogen-bond acceptors (Lipinski definition) is 8. The van der Waals surface area contributed by atoms with Crippen LogP contribution in [0.25, 0.3) is 22.5 Å². The number of H-pyrrole nitrogens is 2. The smallest absolute Gasteiger partial charge is 0.407 e. The fourth-order valence-electron chi connectivity index (χ4n) is 6.51. The van der Waals surface area contributed by atoms with Gasteiger partial charge in [-0.1, -0.05) is 105 Å². The minimum Gasteiger partial charge on any atom is -0.453 e. The molecule has 0 fully saturated rings. The van der Waals surface area contributed by atoms with Crippen LogP contribution in [0.5, 0.6) is 0 Å². The summed E-state index contributed by atoms with van der Waals surface area (Å²) in [5.41, 5.74) is 4.77. The van der Waals surface area contributed by atoms with E-state index in [2.05, 4.69) is 84.0 Å². The Bertz CT molecular complexity index is 1980. The molecule has 322 valence electrons. The van der Waals surface area contributed by atoms with Crippen LogP contribution in [0.15, 0.2) is 60.9 Å². The predicted molar refractivity (Wildman–Crippen MR) is 232 cm³/mol. The minimum absolute atomic E-state index is 0.145. The first-order valence-electron chi connectivity index (χ1n) is 20.2. The Hall–Kier alpha value is -6.10. The van der Waals surface area contributed by atoms with Gasteiger partial charge < -0.3 is 39.9 Å². The van der Waals surface area contributed by atoms with E-state index in [0.29, 0.717) is 24.7 Å². The summed E-state index contributed by atoms with van der Waals surface area (Å²) in [6.07, 6.45) is 2.21. The third-order valence-electron chi connectivity index (χ3n) is 9.42. The molecule has 0 bridgehead atoms. The second-order valence-electron chi connectivity index (χ2n) is 18.1. The van der Waals surface area contributed by atoms with Crippen molar-refractivity contribution in [1.82, 2.24) is 40.4 Å². The van der Waals surface area contributed by atoms with Gasteiger partial charge >= 0.3 is 12.2 Å². The maximum atomic E-state index is 13.7. The summed E-state index contributed by atoms with van der Waals surface area (Å²) >= 11 is 0. The predicted octanol–water partition coefficient (Wildman–Crippen LogP) is 7.38. The Morgan fingerprint density at radius 1 is 0.617 bits per heavy atom. The zero-order valence-electron chi connectivity index (χ0n) is 37.1. The zero-order valence-corrected chi connectivity index (χ0v) is 37.1. The standard InChI is InChI=1S/C46H62N8O6/c1-29(2)39(51-43(57)59-11)41(55)53(27-45(5,6)7)25-37-47-23-35(49-37)33-19-15-31(16-20-33)13-14-32-17-21-34(22-18-32)36-24-48-38(50-36)26-54(28-46(8,9)10)42(56)40(30(3)4)52-44(58)60-12/h15-24,29-30,39-40H,25-28H2,1-12H3,(H,47,49)(H,48,50)(H,51,57)(H,52,58). The van der Waals surface area contributed by atoms with Crippen molar-refractivity contribution in [3.8, 4) is 34.4 Å². The topological polar surface area (TPSA) is 175 Å². The Morgan fingerprint density at radius 3 is 1.23 bits per heavy atom. The highest BCUT2D eigenvalue weighted by atomic mass is 16.5. The van der Waals surface area contributed by atoms with Gasteiger partial charge in [-0.05, 0) is 58.1 Å². The number of benzene rings is 2. The molecule has 2 atom stereocenters. The Balaban J connectivity index is 1.42. The maximum Gasteiger partial charge on any atom is 0.407 e. The number of aromatic nitrogens is 4. The second kappa shape index (κ2) is 20.2. The molecule has 4 rings (SSSR count). The van der Waals surface area contributed by atoms with E-state index in [1.807, 2.05) is 76.2 Å². The number of rotatable bonds is 14. The van der Waals surface area contributed by atoms with Crippen LogP contribution in [0.4, 0.5) is 9.59 Å². The van der Waals surface area contributed by atoms with E-state index in [1.54, 1.807) is 22.2 Å². The van der Waals surface area contributed by atoms with Crippen molar-refractivity contribution >= 4 is 24.0 Å². The fourth-order valence-corrected chi connectivity index (χ4v) is 6.51. The van der Waals surface area contributed by atoms with Gasteiger partial charge in [-0.3, -0.25) is 9.59 Å². The van der Waals surface area contributed by atoms with Crippen LogP contribution in [0.2, 0.25) is 0 Å². The Labute approximate surface area is 354 Å². The highest BCUT2D eigenvalue weighted by Gasteiger charge is 2.33. The van der Waals surface area contributed by atoms with Gasteiger partial charge in [0.1, 0.15) is 23.7 Å². The van der Waals surface area contributed by atoms with Gasteiger partial charge in [-0.25, -0.2) is 19.6 Å². The molecular formula is C46H62N8O6. The van der Waals surface area contributed by atoms with Crippen LogP contribution >= 0.6 is 0 Å². The second-order valence-corrected chi connectivity index (χ2v) is 18.1. The molecule has 60 heavy (non-hydrogen) atoms. The van der Waals surface area contributed by atoms with E-state index < -0.39 is 24.3 Å². The number of ether oxygens (including phenoxy) is 2. The van der Waals surface area contributed by atoms with Crippen molar-refractivity contribution in [1.29, 1.82) is 0 Å². The van der Waals surface area contributed by atoms with Crippen molar-refractivity contribution in [3.05, 3.63) is 83.7 Å². The highest BCUT2D eigenvalue weighted by Crippen LogP contribution is 2.24. The molecule has 2 unspecified atom stereocenters. The summed E-state index contributed by atoms with van der Waals surface area (Å²) in [4.78, 5) is 70.8. The van der Waals surface area contributed by atoms with Gasteiger partial charge in [0, 0.05) is 24.2 Å². The first-order valence-corrected chi connectivity index (χ1v) is 20.2. The third-order valence-corrected chi connectivity index (χ3v) is 9.42.